The molecule has 2 N–H and O–H groups in total. The number of carbonyl (C=O) groups is 1. The number of aryl methyl sites for hydroxylation is 1. The van der Waals surface area contributed by atoms with Gasteiger partial charge in [0.1, 0.15) is 17.0 Å². The van der Waals surface area contributed by atoms with Crippen molar-refractivity contribution in [3.8, 4) is 5.75 Å². The van der Waals surface area contributed by atoms with Crippen molar-refractivity contribution < 1.29 is 23.4 Å². The number of fused-ring (bicyclic) bond motifs is 1. The van der Waals surface area contributed by atoms with Crippen LogP contribution in [0.2, 0.25) is 0 Å². The lowest BCUT2D eigenvalue weighted by molar-refractivity contribution is 0.144. The van der Waals surface area contributed by atoms with Crippen LogP contribution in [0.4, 0.5) is 25.0 Å². The van der Waals surface area contributed by atoms with Crippen molar-refractivity contribution in [2.75, 3.05) is 5.32 Å². The highest BCUT2D eigenvalue weighted by atomic mass is 79.9. The Hall–Kier alpha value is -2.68. The van der Waals surface area contributed by atoms with Crippen LogP contribution in [0.3, 0.4) is 0 Å². The van der Waals surface area contributed by atoms with E-state index in [1.54, 1.807) is 13.1 Å². The summed E-state index contributed by atoms with van der Waals surface area (Å²) in [5, 5.41) is 11.4. The number of benzene rings is 2. The number of halogens is 3. The van der Waals surface area contributed by atoms with E-state index in [4.69, 9.17) is 5.11 Å². The minimum atomic E-state index is -1.62. The van der Waals surface area contributed by atoms with Crippen molar-refractivity contribution in [3.63, 3.8) is 0 Å². The van der Waals surface area contributed by atoms with Gasteiger partial charge >= 0.3 is 6.16 Å². The molecular formula is C15H10BrF2N3O3. The summed E-state index contributed by atoms with van der Waals surface area (Å²) in [6.45, 7) is 0. The van der Waals surface area contributed by atoms with Gasteiger partial charge in [0.15, 0.2) is 11.6 Å². The molecule has 2 aromatic carbocycles. The van der Waals surface area contributed by atoms with Gasteiger partial charge in [0.2, 0.25) is 0 Å². The van der Waals surface area contributed by atoms with Crippen LogP contribution in [0.5, 0.6) is 5.75 Å². The third kappa shape index (κ3) is 2.90. The Morgan fingerprint density at radius 2 is 2.12 bits per heavy atom. The zero-order valence-corrected chi connectivity index (χ0v) is 13.8. The standard InChI is InChI=1S/C15H10BrF2N3O3/c1-21-6-19-13-10(21)5-11(24-15(22)23)14(12(13)18)20-9-3-2-7(16)4-8(9)17/h2-6,20H,1H3,(H,22,23). The molecule has 1 heterocycles. The number of hydrogen-bond donors (Lipinski definition) is 2. The first kappa shape index (κ1) is 16.2. The van der Waals surface area contributed by atoms with Gasteiger partial charge in [-0.1, -0.05) is 15.9 Å². The molecule has 0 fully saturated rings. The summed E-state index contributed by atoms with van der Waals surface area (Å²) in [5.41, 5.74) is -0.00622. The van der Waals surface area contributed by atoms with Gasteiger partial charge in [-0.3, -0.25) is 0 Å². The molecule has 0 saturated heterocycles. The normalized spacial score (nSPS) is 10.8. The maximum absolute atomic E-state index is 14.7. The zero-order chi connectivity index (χ0) is 17.4. The molecule has 9 heteroatoms. The van der Waals surface area contributed by atoms with Gasteiger partial charge in [-0.15, -0.1) is 0 Å². The fourth-order valence-electron chi connectivity index (χ4n) is 2.22. The van der Waals surface area contributed by atoms with E-state index >= 15 is 0 Å². The summed E-state index contributed by atoms with van der Waals surface area (Å²) < 4.78 is 35.4. The van der Waals surface area contributed by atoms with Crippen molar-refractivity contribution in [2.24, 2.45) is 7.05 Å². The van der Waals surface area contributed by atoms with Crippen molar-refractivity contribution in [3.05, 3.63) is 46.7 Å². The van der Waals surface area contributed by atoms with Crippen molar-refractivity contribution >= 4 is 44.5 Å². The second-order valence-corrected chi connectivity index (χ2v) is 5.82. The van der Waals surface area contributed by atoms with Gasteiger partial charge in [0.05, 0.1) is 17.5 Å². The number of imidazole rings is 1. The molecule has 0 amide bonds. The Morgan fingerprint density at radius 1 is 1.38 bits per heavy atom. The van der Waals surface area contributed by atoms with Gasteiger partial charge in [0, 0.05) is 17.6 Å². The first-order valence-electron chi connectivity index (χ1n) is 6.63. The van der Waals surface area contributed by atoms with Gasteiger partial charge in [-0.05, 0) is 18.2 Å². The highest BCUT2D eigenvalue weighted by Gasteiger charge is 2.20. The average Bonchev–Trinajstić information content (AvgIpc) is 2.86. The monoisotopic (exact) mass is 397 g/mol. The van der Waals surface area contributed by atoms with Crippen LogP contribution in [0.1, 0.15) is 0 Å². The SMILES string of the molecule is Cn1cnc2c(F)c(Nc3ccc(Br)cc3F)c(OC(=O)O)cc21. The molecule has 0 atom stereocenters. The van der Waals surface area contributed by atoms with E-state index < -0.39 is 17.8 Å². The van der Waals surface area contributed by atoms with E-state index in [9.17, 15) is 13.6 Å². The quantitative estimate of drug-likeness (QED) is 0.505. The summed E-state index contributed by atoms with van der Waals surface area (Å²) in [5.74, 6) is -1.78. The topological polar surface area (TPSA) is 76.4 Å². The van der Waals surface area contributed by atoms with Crippen molar-refractivity contribution in [1.29, 1.82) is 0 Å². The van der Waals surface area contributed by atoms with Crippen LogP contribution in [-0.2, 0) is 7.05 Å². The fourth-order valence-corrected chi connectivity index (χ4v) is 2.55. The Bertz CT molecular complexity index is 959. The second kappa shape index (κ2) is 6.08. The number of nitrogens with one attached hydrogen (secondary N) is 1. The fraction of sp³-hybridized carbons (Fsp3) is 0.0667. The van der Waals surface area contributed by atoms with Crippen LogP contribution in [0.15, 0.2) is 35.1 Å². The maximum atomic E-state index is 14.7. The molecule has 3 rings (SSSR count). The molecule has 1 aromatic heterocycles. The average molecular weight is 398 g/mol. The predicted octanol–water partition coefficient (Wildman–Crippen LogP) is 4.41. The lowest BCUT2D eigenvalue weighted by Gasteiger charge is -2.13. The van der Waals surface area contributed by atoms with Crippen LogP contribution >= 0.6 is 15.9 Å². The molecule has 0 bridgehead atoms. The molecule has 0 aliphatic rings. The number of carboxylic acid groups (broad SMARTS) is 1. The van der Waals surface area contributed by atoms with E-state index in [0.717, 1.165) is 0 Å². The Balaban J connectivity index is 2.17. The molecule has 0 aliphatic carbocycles. The van der Waals surface area contributed by atoms with Crippen LogP contribution in [0, 0.1) is 11.6 Å². The predicted molar refractivity (Wildman–Crippen MR) is 86.7 cm³/mol. The molecule has 3 aromatic rings. The summed E-state index contributed by atoms with van der Waals surface area (Å²) in [6, 6.07) is 5.45. The molecular weight excluding hydrogens is 388 g/mol. The molecule has 0 spiro atoms. The van der Waals surface area contributed by atoms with Gasteiger partial charge < -0.3 is 19.7 Å². The molecule has 0 radical (unpaired) electrons. The van der Waals surface area contributed by atoms with Gasteiger partial charge in [-0.2, -0.15) is 0 Å². The number of nitrogens with zero attached hydrogens (tertiary/aromatic N) is 2. The molecule has 0 unspecified atom stereocenters. The first-order valence-corrected chi connectivity index (χ1v) is 7.42. The van der Waals surface area contributed by atoms with Crippen LogP contribution in [-0.4, -0.2) is 20.8 Å². The summed E-state index contributed by atoms with van der Waals surface area (Å²) in [7, 11) is 1.63. The van der Waals surface area contributed by atoms with Crippen molar-refractivity contribution in [1.82, 2.24) is 9.55 Å². The van der Waals surface area contributed by atoms with E-state index in [1.807, 2.05) is 0 Å². The molecule has 124 valence electrons. The third-order valence-electron chi connectivity index (χ3n) is 3.31. The Morgan fingerprint density at radius 3 is 2.79 bits per heavy atom. The van der Waals surface area contributed by atoms with Crippen LogP contribution < -0.4 is 10.1 Å². The lowest BCUT2D eigenvalue weighted by atomic mass is 10.2. The van der Waals surface area contributed by atoms with E-state index in [0.29, 0.717) is 9.99 Å². The van der Waals surface area contributed by atoms with Gasteiger partial charge in [-0.25, -0.2) is 18.6 Å². The second-order valence-electron chi connectivity index (χ2n) is 4.90. The molecule has 24 heavy (non-hydrogen) atoms. The smallest absolute Gasteiger partial charge is 0.449 e. The Kier molecular flexibility index (Phi) is 4.10. The summed E-state index contributed by atoms with van der Waals surface area (Å²) in [4.78, 5) is 14.8. The number of ether oxygens (including phenoxy) is 1. The molecule has 6 nitrogen and oxygen atoms in total. The summed E-state index contributed by atoms with van der Waals surface area (Å²) in [6.07, 6.45) is -0.238. The van der Waals surface area contributed by atoms with Gasteiger partial charge in [0.25, 0.3) is 0 Å². The lowest BCUT2D eigenvalue weighted by Crippen LogP contribution is -2.07. The molecule has 0 saturated carbocycles. The van der Waals surface area contributed by atoms with E-state index in [1.165, 1.54) is 29.1 Å². The summed E-state index contributed by atoms with van der Waals surface area (Å²) >= 11 is 3.12. The number of anilines is 2. The Labute approximate surface area is 142 Å². The van der Waals surface area contributed by atoms with Crippen LogP contribution in [0.25, 0.3) is 11.0 Å². The van der Waals surface area contributed by atoms with Crippen molar-refractivity contribution in [2.45, 2.75) is 0 Å². The zero-order valence-electron chi connectivity index (χ0n) is 12.2. The molecule has 0 aliphatic heterocycles. The minimum absolute atomic E-state index is 0.00950. The largest absolute Gasteiger partial charge is 0.511 e. The van der Waals surface area contributed by atoms with E-state index in [2.05, 4.69) is 31.0 Å². The highest BCUT2D eigenvalue weighted by molar-refractivity contribution is 9.10. The first-order chi connectivity index (χ1) is 11.4. The maximum Gasteiger partial charge on any atom is 0.511 e. The number of hydrogen-bond acceptors (Lipinski definition) is 4. The highest BCUT2D eigenvalue weighted by Crippen LogP contribution is 2.36. The number of aromatic nitrogens is 2. The third-order valence-corrected chi connectivity index (χ3v) is 3.81. The number of rotatable bonds is 3. The minimum Gasteiger partial charge on any atom is -0.449 e. The van der Waals surface area contributed by atoms with E-state index in [-0.39, 0.29) is 22.6 Å².